The average Bonchev–Trinajstić information content (AvgIpc) is 2.41. The monoisotopic (exact) mass is 328 g/mol. The van der Waals surface area contributed by atoms with E-state index in [9.17, 15) is 4.79 Å². The van der Waals surface area contributed by atoms with E-state index in [1.54, 1.807) is 0 Å². The van der Waals surface area contributed by atoms with E-state index in [1.807, 2.05) is 32.0 Å². The van der Waals surface area contributed by atoms with E-state index in [-0.39, 0.29) is 35.7 Å². The van der Waals surface area contributed by atoms with E-state index in [1.165, 1.54) is 5.56 Å². The third-order valence-corrected chi connectivity index (χ3v) is 3.57. The van der Waals surface area contributed by atoms with E-state index in [4.69, 9.17) is 10.5 Å². The molecule has 1 rings (SSSR count). The van der Waals surface area contributed by atoms with Crippen LogP contribution in [0.5, 0.6) is 5.75 Å². The molecule has 4 nitrogen and oxygen atoms in total. The lowest BCUT2D eigenvalue weighted by Gasteiger charge is -2.20. The Balaban J connectivity index is 0.00000441. The molecule has 2 atom stereocenters. The minimum Gasteiger partial charge on any atom is -0.492 e. The van der Waals surface area contributed by atoms with Crippen molar-refractivity contribution in [1.82, 2.24) is 5.32 Å². The van der Waals surface area contributed by atoms with E-state index >= 15 is 0 Å². The highest BCUT2D eigenvalue weighted by atomic mass is 35.5. The highest BCUT2D eigenvalue weighted by Crippen LogP contribution is 2.25. The van der Waals surface area contributed by atoms with Crippen LogP contribution in [-0.2, 0) is 10.2 Å². The first-order valence-electron chi connectivity index (χ1n) is 7.48. The fourth-order valence-electron chi connectivity index (χ4n) is 1.80. The molecule has 0 heterocycles. The summed E-state index contributed by atoms with van der Waals surface area (Å²) >= 11 is 0. The molecule has 1 aromatic carbocycles. The molecule has 0 aliphatic carbocycles. The topological polar surface area (TPSA) is 64.4 Å². The molecule has 0 radical (unpaired) electrons. The van der Waals surface area contributed by atoms with E-state index < -0.39 is 0 Å². The zero-order valence-electron chi connectivity index (χ0n) is 14.2. The van der Waals surface area contributed by atoms with Crippen molar-refractivity contribution in [3.63, 3.8) is 0 Å². The van der Waals surface area contributed by atoms with Gasteiger partial charge in [0, 0.05) is 12.0 Å². The van der Waals surface area contributed by atoms with Crippen molar-refractivity contribution in [3.05, 3.63) is 29.8 Å². The number of nitrogens with two attached hydrogens (primary N) is 1. The van der Waals surface area contributed by atoms with Crippen molar-refractivity contribution in [3.8, 4) is 5.75 Å². The largest absolute Gasteiger partial charge is 0.492 e. The third kappa shape index (κ3) is 6.67. The van der Waals surface area contributed by atoms with E-state index in [0.29, 0.717) is 13.2 Å². The predicted molar refractivity (Wildman–Crippen MR) is 93.7 cm³/mol. The van der Waals surface area contributed by atoms with Gasteiger partial charge in [-0.3, -0.25) is 4.79 Å². The molecule has 0 spiro atoms. The zero-order valence-corrected chi connectivity index (χ0v) is 15.0. The maximum atomic E-state index is 11.7. The Morgan fingerprint density at radius 2 is 1.95 bits per heavy atom. The summed E-state index contributed by atoms with van der Waals surface area (Å²) in [6.45, 7) is 11.1. The Kier molecular flexibility index (Phi) is 8.49. The van der Waals surface area contributed by atoms with Gasteiger partial charge in [0.15, 0.2) is 0 Å². The molecule has 1 amide bonds. The fraction of sp³-hybridized carbons (Fsp3) is 0.588. The summed E-state index contributed by atoms with van der Waals surface area (Å²) < 4.78 is 5.69. The van der Waals surface area contributed by atoms with Gasteiger partial charge in [-0.05, 0) is 30.0 Å². The Morgan fingerprint density at radius 3 is 2.50 bits per heavy atom. The van der Waals surface area contributed by atoms with Gasteiger partial charge in [-0.15, -0.1) is 12.4 Å². The van der Waals surface area contributed by atoms with Gasteiger partial charge >= 0.3 is 0 Å². The second kappa shape index (κ2) is 9.01. The third-order valence-electron chi connectivity index (χ3n) is 3.57. The van der Waals surface area contributed by atoms with Gasteiger partial charge in [-0.25, -0.2) is 0 Å². The molecule has 0 aliphatic heterocycles. The van der Waals surface area contributed by atoms with Gasteiger partial charge in [-0.1, -0.05) is 39.8 Å². The first-order chi connectivity index (χ1) is 9.71. The van der Waals surface area contributed by atoms with Crippen molar-refractivity contribution in [2.24, 2.45) is 11.7 Å². The van der Waals surface area contributed by atoms with Gasteiger partial charge in [0.1, 0.15) is 12.4 Å². The molecule has 1 aromatic rings. The summed E-state index contributed by atoms with van der Waals surface area (Å²) in [6, 6.07) is 7.93. The number of amides is 1. The smallest absolute Gasteiger partial charge is 0.224 e. The van der Waals surface area contributed by atoms with Crippen LogP contribution in [0.4, 0.5) is 0 Å². The van der Waals surface area contributed by atoms with Crippen molar-refractivity contribution in [1.29, 1.82) is 0 Å². The molecule has 0 aromatic heterocycles. The lowest BCUT2D eigenvalue weighted by Crippen LogP contribution is -2.40. The molecule has 126 valence electrons. The van der Waals surface area contributed by atoms with Crippen LogP contribution in [0.25, 0.3) is 0 Å². The molecule has 0 bridgehead atoms. The van der Waals surface area contributed by atoms with Crippen LogP contribution in [0.3, 0.4) is 0 Å². The van der Waals surface area contributed by atoms with Crippen LogP contribution >= 0.6 is 12.4 Å². The van der Waals surface area contributed by atoms with Crippen LogP contribution < -0.4 is 15.8 Å². The van der Waals surface area contributed by atoms with Crippen LogP contribution in [-0.4, -0.2) is 25.1 Å². The van der Waals surface area contributed by atoms with Crippen molar-refractivity contribution < 1.29 is 9.53 Å². The van der Waals surface area contributed by atoms with E-state index in [0.717, 1.165) is 5.75 Å². The summed E-state index contributed by atoms with van der Waals surface area (Å²) in [6.07, 6.45) is 0. The van der Waals surface area contributed by atoms with Crippen LogP contribution in [0.15, 0.2) is 24.3 Å². The maximum absolute atomic E-state index is 11.7. The molecular formula is C17H29ClN2O2. The van der Waals surface area contributed by atoms with Gasteiger partial charge in [0.25, 0.3) is 0 Å². The number of hydrogen-bond acceptors (Lipinski definition) is 3. The van der Waals surface area contributed by atoms with Gasteiger partial charge in [0.2, 0.25) is 5.91 Å². The number of carbonyl (C=O) groups excluding carboxylic acids is 1. The summed E-state index contributed by atoms with van der Waals surface area (Å²) in [4.78, 5) is 11.7. The van der Waals surface area contributed by atoms with E-state index in [2.05, 4.69) is 32.2 Å². The average molecular weight is 329 g/mol. The Hall–Kier alpha value is -1.26. The summed E-state index contributed by atoms with van der Waals surface area (Å²) in [5, 5.41) is 2.83. The highest BCUT2D eigenvalue weighted by Gasteiger charge is 2.16. The fourth-order valence-corrected chi connectivity index (χ4v) is 1.80. The van der Waals surface area contributed by atoms with Crippen molar-refractivity contribution in [2.45, 2.75) is 46.1 Å². The first-order valence-corrected chi connectivity index (χ1v) is 7.48. The standard InChI is InChI=1S/C17H28N2O2.ClH/c1-12(13(2)18)16(20)19-9-10-21-15-8-6-7-14(11-15)17(3,4)5;/h6-8,11-13H,9-10,18H2,1-5H3,(H,19,20);1H. The Bertz CT molecular complexity index is 470. The molecule has 0 fully saturated rings. The minimum atomic E-state index is -0.186. The zero-order chi connectivity index (χ0) is 16.0. The quantitative estimate of drug-likeness (QED) is 0.789. The number of nitrogens with one attached hydrogen (secondary N) is 1. The van der Waals surface area contributed by atoms with Crippen molar-refractivity contribution >= 4 is 18.3 Å². The first kappa shape index (κ1) is 20.7. The molecular weight excluding hydrogens is 300 g/mol. The highest BCUT2D eigenvalue weighted by molar-refractivity contribution is 5.85. The van der Waals surface area contributed by atoms with Gasteiger partial charge < -0.3 is 15.8 Å². The number of carbonyl (C=O) groups is 1. The lowest BCUT2D eigenvalue weighted by molar-refractivity contribution is -0.125. The summed E-state index contributed by atoms with van der Waals surface area (Å²) in [7, 11) is 0. The van der Waals surface area contributed by atoms with Crippen LogP contribution in [0.2, 0.25) is 0 Å². The summed E-state index contributed by atoms with van der Waals surface area (Å²) in [5.74, 6) is 0.614. The van der Waals surface area contributed by atoms with Gasteiger partial charge in [0.05, 0.1) is 6.54 Å². The normalized spacial score (nSPS) is 13.7. The molecule has 22 heavy (non-hydrogen) atoms. The molecule has 0 saturated heterocycles. The van der Waals surface area contributed by atoms with Gasteiger partial charge in [-0.2, -0.15) is 0 Å². The Labute approximate surface area is 140 Å². The number of benzene rings is 1. The number of halogens is 1. The molecule has 3 N–H and O–H groups in total. The van der Waals surface area contributed by atoms with Crippen LogP contribution in [0.1, 0.15) is 40.2 Å². The van der Waals surface area contributed by atoms with Crippen molar-refractivity contribution in [2.75, 3.05) is 13.2 Å². The molecule has 5 heteroatoms. The predicted octanol–water partition coefficient (Wildman–Crippen LogP) is 2.88. The maximum Gasteiger partial charge on any atom is 0.224 e. The SMILES string of the molecule is CC(N)C(C)C(=O)NCCOc1cccc(C(C)(C)C)c1.Cl. The second-order valence-electron chi connectivity index (χ2n) is 6.57. The minimum absolute atomic E-state index is 0. The summed E-state index contributed by atoms with van der Waals surface area (Å²) in [5.41, 5.74) is 7.03. The number of rotatable bonds is 6. The lowest BCUT2D eigenvalue weighted by atomic mass is 9.87. The number of hydrogen-bond donors (Lipinski definition) is 2. The molecule has 2 unspecified atom stereocenters. The second-order valence-corrected chi connectivity index (χ2v) is 6.57. The van der Waals surface area contributed by atoms with Crippen LogP contribution in [0, 0.1) is 5.92 Å². The Morgan fingerprint density at radius 1 is 1.32 bits per heavy atom. The number of ether oxygens (including phenoxy) is 1. The molecule has 0 aliphatic rings. The molecule has 0 saturated carbocycles.